The summed E-state index contributed by atoms with van der Waals surface area (Å²) in [6.45, 7) is 1.49. The third-order valence-electron chi connectivity index (χ3n) is 3.87. The molecular formula is C19H23ClN2O3S. The standard InChI is InChI=1S/C19H23ClN2O3S/c1-21(2)12-13-22(14-16-6-4-3-5-7-16)19(23)15-26(24,25)18-10-8-17(20)9-11-18/h3-11H,12-15H2,1-2H3. The first-order valence-corrected chi connectivity index (χ1v) is 10.3. The molecule has 1 amide bonds. The van der Waals surface area contributed by atoms with Crippen molar-refractivity contribution in [2.75, 3.05) is 32.9 Å². The van der Waals surface area contributed by atoms with Crippen LogP contribution in [-0.4, -0.2) is 57.1 Å². The van der Waals surface area contributed by atoms with E-state index in [0.717, 1.165) is 5.56 Å². The van der Waals surface area contributed by atoms with Crippen molar-refractivity contribution in [2.24, 2.45) is 0 Å². The molecule has 0 spiro atoms. The monoisotopic (exact) mass is 394 g/mol. The molecule has 0 unspecified atom stereocenters. The van der Waals surface area contributed by atoms with Crippen LogP contribution in [0.5, 0.6) is 0 Å². The van der Waals surface area contributed by atoms with Crippen LogP contribution >= 0.6 is 11.6 Å². The van der Waals surface area contributed by atoms with Crippen molar-refractivity contribution < 1.29 is 13.2 Å². The minimum absolute atomic E-state index is 0.0996. The molecular weight excluding hydrogens is 372 g/mol. The highest BCUT2D eigenvalue weighted by atomic mass is 35.5. The van der Waals surface area contributed by atoms with Gasteiger partial charge in [-0.05, 0) is 43.9 Å². The summed E-state index contributed by atoms with van der Waals surface area (Å²) < 4.78 is 25.1. The number of carbonyl (C=O) groups excluding carboxylic acids is 1. The lowest BCUT2D eigenvalue weighted by molar-refractivity contribution is -0.129. The fraction of sp³-hybridized carbons (Fsp3) is 0.316. The second kappa shape index (κ2) is 9.16. The van der Waals surface area contributed by atoms with Crippen molar-refractivity contribution in [1.29, 1.82) is 0 Å². The normalized spacial score (nSPS) is 11.5. The van der Waals surface area contributed by atoms with E-state index >= 15 is 0 Å². The molecule has 26 heavy (non-hydrogen) atoms. The Hall–Kier alpha value is -1.89. The van der Waals surface area contributed by atoms with E-state index in [-0.39, 0.29) is 4.90 Å². The Morgan fingerprint density at radius 2 is 1.58 bits per heavy atom. The van der Waals surface area contributed by atoms with Gasteiger partial charge >= 0.3 is 0 Å². The molecule has 7 heteroatoms. The zero-order valence-corrected chi connectivity index (χ0v) is 16.5. The van der Waals surface area contributed by atoms with E-state index in [2.05, 4.69) is 0 Å². The lowest BCUT2D eigenvalue weighted by atomic mass is 10.2. The van der Waals surface area contributed by atoms with Crippen LogP contribution in [0.15, 0.2) is 59.5 Å². The third-order valence-corrected chi connectivity index (χ3v) is 5.74. The van der Waals surface area contributed by atoms with Crippen LogP contribution in [0.2, 0.25) is 5.02 Å². The summed E-state index contributed by atoms with van der Waals surface area (Å²) in [7, 11) is 0.109. The number of hydrogen-bond donors (Lipinski definition) is 0. The summed E-state index contributed by atoms with van der Waals surface area (Å²) in [6.07, 6.45) is 0. The van der Waals surface area contributed by atoms with E-state index in [9.17, 15) is 13.2 Å². The largest absolute Gasteiger partial charge is 0.336 e. The summed E-state index contributed by atoms with van der Waals surface area (Å²) >= 11 is 5.80. The molecule has 0 N–H and O–H groups in total. The number of benzene rings is 2. The average molecular weight is 395 g/mol. The lowest BCUT2D eigenvalue weighted by Gasteiger charge is -2.24. The molecule has 0 aliphatic carbocycles. The molecule has 0 aromatic heterocycles. The predicted molar refractivity (Wildman–Crippen MR) is 104 cm³/mol. The highest BCUT2D eigenvalue weighted by Crippen LogP contribution is 2.16. The maximum Gasteiger partial charge on any atom is 0.238 e. The van der Waals surface area contributed by atoms with Crippen molar-refractivity contribution in [3.63, 3.8) is 0 Å². The Bertz CT molecular complexity index is 822. The van der Waals surface area contributed by atoms with Gasteiger partial charge in [-0.2, -0.15) is 0 Å². The Labute approximate surface area is 160 Å². The van der Waals surface area contributed by atoms with Gasteiger partial charge in [0.2, 0.25) is 5.91 Å². The summed E-state index contributed by atoms with van der Waals surface area (Å²) in [5, 5.41) is 0.451. The van der Waals surface area contributed by atoms with Gasteiger partial charge in [0, 0.05) is 24.7 Å². The van der Waals surface area contributed by atoms with Crippen LogP contribution in [-0.2, 0) is 21.2 Å². The third kappa shape index (κ3) is 6.12. The molecule has 0 saturated heterocycles. The number of hydrogen-bond acceptors (Lipinski definition) is 4. The van der Waals surface area contributed by atoms with Gasteiger partial charge in [-0.3, -0.25) is 4.79 Å². The molecule has 0 aliphatic rings. The van der Waals surface area contributed by atoms with Gasteiger partial charge < -0.3 is 9.80 Å². The van der Waals surface area contributed by atoms with Crippen molar-refractivity contribution in [2.45, 2.75) is 11.4 Å². The van der Waals surface area contributed by atoms with Crippen LogP contribution in [0.3, 0.4) is 0 Å². The number of carbonyl (C=O) groups is 1. The number of sulfone groups is 1. The van der Waals surface area contributed by atoms with Gasteiger partial charge in [0.1, 0.15) is 5.75 Å². The Morgan fingerprint density at radius 3 is 2.15 bits per heavy atom. The number of likely N-dealkylation sites (N-methyl/N-ethyl adjacent to an activating group) is 1. The van der Waals surface area contributed by atoms with E-state index in [4.69, 9.17) is 11.6 Å². The van der Waals surface area contributed by atoms with Crippen LogP contribution in [0, 0.1) is 0 Å². The molecule has 0 fully saturated rings. The first kappa shape index (κ1) is 20.4. The minimum Gasteiger partial charge on any atom is -0.336 e. The maximum atomic E-state index is 12.7. The van der Waals surface area contributed by atoms with E-state index in [1.54, 1.807) is 4.90 Å². The molecule has 0 atom stereocenters. The van der Waals surface area contributed by atoms with Crippen molar-refractivity contribution in [3.8, 4) is 0 Å². The van der Waals surface area contributed by atoms with Crippen LogP contribution in [0.4, 0.5) is 0 Å². The maximum absolute atomic E-state index is 12.7. The summed E-state index contributed by atoms with van der Waals surface area (Å²) in [6, 6.07) is 15.4. The van der Waals surface area contributed by atoms with E-state index < -0.39 is 21.5 Å². The first-order chi connectivity index (χ1) is 12.3. The lowest BCUT2D eigenvalue weighted by Crippen LogP contribution is -2.39. The fourth-order valence-corrected chi connectivity index (χ4v) is 3.75. The van der Waals surface area contributed by atoms with Crippen molar-refractivity contribution >= 4 is 27.3 Å². The molecule has 0 saturated carbocycles. The molecule has 140 valence electrons. The molecule has 2 rings (SSSR count). The molecule has 5 nitrogen and oxygen atoms in total. The van der Waals surface area contributed by atoms with Crippen LogP contribution in [0.25, 0.3) is 0 Å². The first-order valence-electron chi connectivity index (χ1n) is 8.23. The highest BCUT2D eigenvalue weighted by Gasteiger charge is 2.23. The predicted octanol–water partition coefficient (Wildman–Crippen LogP) is 2.70. The second-order valence-corrected chi connectivity index (χ2v) is 8.74. The smallest absolute Gasteiger partial charge is 0.238 e. The number of amides is 1. The minimum atomic E-state index is -3.72. The molecule has 0 radical (unpaired) electrons. The number of halogens is 1. The highest BCUT2D eigenvalue weighted by molar-refractivity contribution is 7.92. The number of nitrogens with zero attached hydrogens (tertiary/aromatic N) is 2. The van der Waals surface area contributed by atoms with Crippen molar-refractivity contribution in [1.82, 2.24) is 9.80 Å². The summed E-state index contributed by atoms with van der Waals surface area (Å²) in [5.41, 5.74) is 0.962. The average Bonchev–Trinajstić information content (AvgIpc) is 2.59. The number of rotatable bonds is 8. The van der Waals surface area contributed by atoms with Gasteiger partial charge in [-0.1, -0.05) is 41.9 Å². The van der Waals surface area contributed by atoms with Crippen molar-refractivity contribution in [3.05, 3.63) is 65.2 Å². The topological polar surface area (TPSA) is 57.7 Å². The van der Waals surface area contributed by atoms with Crippen LogP contribution < -0.4 is 0 Å². The zero-order chi connectivity index (χ0) is 19.2. The Kier molecular flexibility index (Phi) is 7.20. The zero-order valence-electron chi connectivity index (χ0n) is 14.9. The van der Waals surface area contributed by atoms with E-state index in [0.29, 0.717) is 24.7 Å². The van der Waals surface area contributed by atoms with Crippen LogP contribution in [0.1, 0.15) is 5.56 Å². The summed E-state index contributed by atoms with van der Waals surface area (Å²) in [5.74, 6) is -0.972. The quantitative estimate of drug-likeness (QED) is 0.690. The second-order valence-electron chi connectivity index (χ2n) is 6.32. The fourth-order valence-electron chi connectivity index (χ4n) is 2.40. The van der Waals surface area contributed by atoms with E-state index in [1.165, 1.54) is 24.3 Å². The van der Waals surface area contributed by atoms with Gasteiger partial charge in [0.25, 0.3) is 0 Å². The van der Waals surface area contributed by atoms with E-state index in [1.807, 2.05) is 49.3 Å². The molecule has 2 aromatic carbocycles. The van der Waals surface area contributed by atoms with Gasteiger partial charge in [0.15, 0.2) is 9.84 Å². The molecule has 0 bridgehead atoms. The SMILES string of the molecule is CN(C)CCN(Cc1ccccc1)C(=O)CS(=O)(=O)c1ccc(Cl)cc1. The molecule has 0 aliphatic heterocycles. The summed E-state index contributed by atoms with van der Waals surface area (Å²) in [4.78, 5) is 16.4. The van der Waals surface area contributed by atoms with Gasteiger partial charge in [-0.15, -0.1) is 0 Å². The molecule has 0 heterocycles. The molecule has 2 aromatic rings. The van der Waals surface area contributed by atoms with Gasteiger partial charge in [-0.25, -0.2) is 8.42 Å². The Morgan fingerprint density at radius 1 is 0.962 bits per heavy atom. The van der Waals surface area contributed by atoms with Gasteiger partial charge in [0.05, 0.1) is 4.90 Å². The Balaban J connectivity index is 2.15.